The predicted molar refractivity (Wildman–Crippen MR) is 95.0 cm³/mol. The number of rotatable bonds is 6. The zero-order chi connectivity index (χ0) is 17.7. The normalized spacial score (nSPS) is 15.5. The van der Waals surface area contributed by atoms with Crippen molar-refractivity contribution in [1.82, 2.24) is 20.4 Å². The quantitative estimate of drug-likeness (QED) is 0.833. The van der Waals surface area contributed by atoms with Crippen LogP contribution in [0, 0.1) is 0 Å². The van der Waals surface area contributed by atoms with Crippen LogP contribution < -0.4 is 10.6 Å². The molecule has 1 aliphatic rings. The number of carbonyl (C=O) groups is 2. The lowest BCUT2D eigenvalue weighted by Crippen LogP contribution is -2.58. The SMILES string of the molecule is CNC(=O)c1ccc(CNC(=O)N(C)CC2(N(C)C)CCC2)cc1. The smallest absolute Gasteiger partial charge is 0.317 e. The Morgan fingerprint density at radius 3 is 2.21 bits per heavy atom. The molecule has 0 aliphatic heterocycles. The van der Waals surface area contributed by atoms with E-state index in [1.165, 1.54) is 6.42 Å². The van der Waals surface area contributed by atoms with E-state index >= 15 is 0 Å². The van der Waals surface area contributed by atoms with Crippen molar-refractivity contribution in [2.75, 3.05) is 34.7 Å². The van der Waals surface area contributed by atoms with Gasteiger partial charge in [0.2, 0.25) is 0 Å². The van der Waals surface area contributed by atoms with E-state index < -0.39 is 0 Å². The Bertz CT molecular complexity index is 579. The Hall–Kier alpha value is -2.08. The Morgan fingerprint density at radius 2 is 1.75 bits per heavy atom. The zero-order valence-corrected chi connectivity index (χ0v) is 15.1. The molecule has 0 spiro atoms. The first-order valence-corrected chi connectivity index (χ1v) is 8.35. The van der Waals surface area contributed by atoms with Gasteiger partial charge in [-0.2, -0.15) is 0 Å². The van der Waals surface area contributed by atoms with Gasteiger partial charge in [0, 0.05) is 38.3 Å². The van der Waals surface area contributed by atoms with Crippen molar-refractivity contribution in [2.24, 2.45) is 0 Å². The summed E-state index contributed by atoms with van der Waals surface area (Å²) in [5, 5.41) is 5.53. The van der Waals surface area contributed by atoms with Crippen LogP contribution in [0.3, 0.4) is 0 Å². The first kappa shape index (κ1) is 18.3. The molecule has 0 aromatic heterocycles. The molecule has 0 bridgehead atoms. The van der Waals surface area contributed by atoms with Gasteiger partial charge < -0.3 is 20.4 Å². The maximum Gasteiger partial charge on any atom is 0.317 e. The highest BCUT2D eigenvalue weighted by Gasteiger charge is 2.40. The Labute approximate surface area is 144 Å². The molecule has 2 N–H and O–H groups in total. The van der Waals surface area contributed by atoms with Crippen LogP contribution in [0.5, 0.6) is 0 Å². The number of amides is 3. The van der Waals surface area contributed by atoms with Gasteiger partial charge in [0.1, 0.15) is 0 Å². The molecular formula is C18H28N4O2. The lowest BCUT2D eigenvalue weighted by atomic mass is 9.75. The zero-order valence-electron chi connectivity index (χ0n) is 15.1. The van der Waals surface area contributed by atoms with Crippen molar-refractivity contribution in [3.8, 4) is 0 Å². The maximum atomic E-state index is 12.3. The van der Waals surface area contributed by atoms with Crippen molar-refractivity contribution in [2.45, 2.75) is 31.3 Å². The molecule has 0 unspecified atom stereocenters. The molecule has 0 saturated heterocycles. The third-order valence-electron chi connectivity index (χ3n) is 5.00. The highest BCUT2D eigenvalue weighted by Crippen LogP contribution is 2.36. The van der Waals surface area contributed by atoms with Crippen LogP contribution in [0.25, 0.3) is 0 Å². The van der Waals surface area contributed by atoms with Crippen molar-refractivity contribution in [3.05, 3.63) is 35.4 Å². The number of urea groups is 1. The second-order valence-corrected chi connectivity index (χ2v) is 6.76. The average molecular weight is 332 g/mol. The highest BCUT2D eigenvalue weighted by molar-refractivity contribution is 5.93. The van der Waals surface area contributed by atoms with E-state index in [0.717, 1.165) is 24.9 Å². The van der Waals surface area contributed by atoms with E-state index in [1.54, 1.807) is 24.1 Å². The fourth-order valence-corrected chi connectivity index (χ4v) is 3.08. The summed E-state index contributed by atoms with van der Waals surface area (Å²) in [5.41, 5.74) is 1.71. The van der Waals surface area contributed by atoms with E-state index in [1.807, 2.05) is 19.2 Å². The van der Waals surface area contributed by atoms with Crippen LogP contribution in [-0.2, 0) is 6.54 Å². The van der Waals surface area contributed by atoms with Crippen LogP contribution in [0.1, 0.15) is 35.2 Å². The molecule has 1 aromatic carbocycles. The van der Waals surface area contributed by atoms with Gasteiger partial charge in [0.25, 0.3) is 5.91 Å². The molecule has 132 valence electrons. The third kappa shape index (κ3) is 4.06. The number of carbonyl (C=O) groups excluding carboxylic acids is 2. The molecule has 1 saturated carbocycles. The van der Waals surface area contributed by atoms with Gasteiger partial charge in [-0.25, -0.2) is 4.79 Å². The van der Waals surface area contributed by atoms with Crippen LogP contribution in [-0.4, -0.2) is 62.0 Å². The molecule has 2 rings (SSSR count). The van der Waals surface area contributed by atoms with E-state index in [4.69, 9.17) is 0 Å². The van der Waals surface area contributed by atoms with Crippen LogP contribution >= 0.6 is 0 Å². The molecule has 0 radical (unpaired) electrons. The minimum absolute atomic E-state index is 0.0708. The Morgan fingerprint density at radius 1 is 1.12 bits per heavy atom. The standard InChI is InChI=1S/C18H28N4O2/c1-19-16(23)15-8-6-14(7-9-15)12-20-17(24)22(4)13-18(21(2)3)10-5-11-18/h6-9H,5,10-13H2,1-4H3,(H,19,23)(H,20,24). The monoisotopic (exact) mass is 332 g/mol. The van der Waals surface area contributed by atoms with E-state index in [-0.39, 0.29) is 17.5 Å². The van der Waals surface area contributed by atoms with Crippen LogP contribution in [0.2, 0.25) is 0 Å². The number of hydrogen-bond acceptors (Lipinski definition) is 3. The van der Waals surface area contributed by atoms with Crippen molar-refractivity contribution in [1.29, 1.82) is 0 Å². The van der Waals surface area contributed by atoms with Gasteiger partial charge in [0.15, 0.2) is 0 Å². The highest BCUT2D eigenvalue weighted by atomic mass is 16.2. The third-order valence-corrected chi connectivity index (χ3v) is 5.00. The topological polar surface area (TPSA) is 64.7 Å². The lowest BCUT2D eigenvalue weighted by Gasteiger charge is -2.49. The van der Waals surface area contributed by atoms with Crippen LogP contribution in [0.4, 0.5) is 4.79 Å². The minimum Gasteiger partial charge on any atom is -0.355 e. The molecule has 0 heterocycles. The van der Waals surface area contributed by atoms with Gasteiger partial charge in [-0.1, -0.05) is 12.1 Å². The number of nitrogens with zero attached hydrogens (tertiary/aromatic N) is 2. The van der Waals surface area contributed by atoms with Crippen LogP contribution in [0.15, 0.2) is 24.3 Å². The minimum atomic E-state index is -0.111. The maximum absolute atomic E-state index is 12.3. The molecule has 1 aliphatic carbocycles. The fraction of sp³-hybridized carbons (Fsp3) is 0.556. The second kappa shape index (κ2) is 7.66. The number of benzene rings is 1. The van der Waals surface area contributed by atoms with Gasteiger partial charge in [-0.3, -0.25) is 4.79 Å². The summed E-state index contributed by atoms with van der Waals surface area (Å²) in [6.45, 7) is 1.19. The molecule has 1 aromatic rings. The Balaban J connectivity index is 1.85. The molecule has 1 fully saturated rings. The summed E-state index contributed by atoms with van der Waals surface area (Å²) in [5.74, 6) is -0.111. The summed E-state index contributed by atoms with van der Waals surface area (Å²) in [7, 11) is 7.61. The summed E-state index contributed by atoms with van der Waals surface area (Å²) < 4.78 is 0. The average Bonchev–Trinajstić information content (AvgIpc) is 2.55. The van der Waals surface area contributed by atoms with Crippen molar-refractivity contribution < 1.29 is 9.59 Å². The van der Waals surface area contributed by atoms with Crippen molar-refractivity contribution in [3.63, 3.8) is 0 Å². The summed E-state index contributed by atoms with van der Waals surface area (Å²) >= 11 is 0. The van der Waals surface area contributed by atoms with Crippen molar-refractivity contribution >= 4 is 11.9 Å². The lowest BCUT2D eigenvalue weighted by molar-refractivity contribution is 0.0363. The fourth-order valence-electron chi connectivity index (χ4n) is 3.08. The largest absolute Gasteiger partial charge is 0.355 e. The second-order valence-electron chi connectivity index (χ2n) is 6.76. The molecule has 3 amide bonds. The van der Waals surface area contributed by atoms with Gasteiger partial charge in [0.05, 0.1) is 0 Å². The van der Waals surface area contributed by atoms with Gasteiger partial charge in [-0.05, 0) is 51.1 Å². The first-order chi connectivity index (χ1) is 11.4. The molecule has 0 atom stereocenters. The summed E-state index contributed by atoms with van der Waals surface area (Å²) in [4.78, 5) is 27.8. The number of hydrogen-bond donors (Lipinski definition) is 2. The summed E-state index contributed by atoms with van der Waals surface area (Å²) in [6.07, 6.45) is 3.50. The molecule has 6 nitrogen and oxygen atoms in total. The van der Waals surface area contributed by atoms with E-state index in [0.29, 0.717) is 12.1 Å². The first-order valence-electron chi connectivity index (χ1n) is 8.35. The predicted octanol–water partition coefficient (Wildman–Crippen LogP) is 1.67. The Kier molecular flexibility index (Phi) is 5.83. The van der Waals surface area contributed by atoms with Gasteiger partial charge in [-0.15, -0.1) is 0 Å². The van der Waals surface area contributed by atoms with Gasteiger partial charge >= 0.3 is 6.03 Å². The number of nitrogens with one attached hydrogen (secondary N) is 2. The molecule has 6 heteroatoms. The van der Waals surface area contributed by atoms with E-state index in [9.17, 15) is 9.59 Å². The van der Waals surface area contributed by atoms with E-state index in [2.05, 4.69) is 29.6 Å². The molecular weight excluding hydrogens is 304 g/mol. The molecule has 24 heavy (non-hydrogen) atoms. The summed E-state index contributed by atoms with van der Waals surface area (Å²) in [6, 6.07) is 7.17. The number of likely N-dealkylation sites (N-methyl/N-ethyl adjacent to an activating group) is 2.